The van der Waals surface area contributed by atoms with E-state index in [1.807, 2.05) is 57.3 Å². The van der Waals surface area contributed by atoms with E-state index in [4.69, 9.17) is 11.5 Å². The Morgan fingerprint density at radius 2 is 0.706 bits per heavy atom. The molecular formula is C22H56N8S4. The summed E-state index contributed by atoms with van der Waals surface area (Å²) in [5.74, 6) is 4.73. The summed E-state index contributed by atoms with van der Waals surface area (Å²) in [6.07, 6.45) is 4.57. The van der Waals surface area contributed by atoms with Crippen molar-refractivity contribution in [1.82, 2.24) is 31.9 Å². The maximum absolute atomic E-state index is 5.39. The Bertz CT molecular complexity index is 307. The maximum atomic E-state index is 5.39. The van der Waals surface area contributed by atoms with Gasteiger partial charge in [-0.25, -0.2) is 0 Å². The average Bonchev–Trinajstić information content (AvgIpc) is 2.85. The quantitative estimate of drug-likeness (QED) is 0.0514. The molecule has 0 amide bonds. The Labute approximate surface area is 227 Å². The molecule has 0 spiro atoms. The van der Waals surface area contributed by atoms with Crippen LogP contribution in [0.1, 0.15) is 25.7 Å². The summed E-state index contributed by atoms with van der Waals surface area (Å²) in [6, 6.07) is 0. The Hall–Kier alpha value is 1.08. The fraction of sp³-hybridized carbons (Fsp3) is 1.00. The smallest absolute Gasteiger partial charge is 0.0162 e. The predicted octanol–water partition coefficient (Wildman–Crippen LogP) is 1.01. The lowest BCUT2D eigenvalue weighted by Crippen LogP contribution is -2.22. The first-order valence-electron chi connectivity index (χ1n) is 12.8. The van der Waals surface area contributed by atoms with Gasteiger partial charge in [-0.2, -0.15) is 0 Å². The molecule has 12 heteroatoms. The van der Waals surface area contributed by atoms with E-state index in [1.54, 1.807) is 0 Å². The van der Waals surface area contributed by atoms with Crippen LogP contribution in [-0.2, 0) is 0 Å². The molecular weight excluding hydrogens is 505 g/mol. The zero-order valence-electron chi connectivity index (χ0n) is 21.9. The summed E-state index contributed by atoms with van der Waals surface area (Å²) in [7, 11) is 11.8. The molecule has 0 saturated carbocycles. The van der Waals surface area contributed by atoms with Gasteiger partial charge in [0.25, 0.3) is 0 Å². The van der Waals surface area contributed by atoms with Crippen LogP contribution in [0.2, 0.25) is 0 Å². The lowest BCUT2D eigenvalue weighted by atomic mass is 10.4. The fourth-order valence-electron chi connectivity index (χ4n) is 2.43. The van der Waals surface area contributed by atoms with Crippen molar-refractivity contribution >= 4 is 43.2 Å². The highest BCUT2D eigenvalue weighted by atomic mass is 33.1. The molecule has 0 saturated heterocycles. The SMILES string of the molecule is CNCCCNCCSSCCNCCCNC.NCCCNCCSSCCNCCCN. The van der Waals surface area contributed by atoms with Gasteiger partial charge in [0.15, 0.2) is 0 Å². The fourth-order valence-corrected chi connectivity index (χ4v) is 6.22. The van der Waals surface area contributed by atoms with Crippen LogP contribution in [0.5, 0.6) is 0 Å². The minimum absolute atomic E-state index is 0.781. The summed E-state index contributed by atoms with van der Waals surface area (Å²) >= 11 is 0. The number of nitrogens with two attached hydrogens (primary N) is 2. The van der Waals surface area contributed by atoms with Gasteiger partial charge in [0.1, 0.15) is 0 Å². The van der Waals surface area contributed by atoms with Crippen molar-refractivity contribution in [1.29, 1.82) is 0 Å². The maximum Gasteiger partial charge on any atom is 0.0162 e. The Balaban J connectivity index is 0. The van der Waals surface area contributed by atoms with Crippen LogP contribution in [-0.4, -0.2) is 116 Å². The highest BCUT2D eigenvalue weighted by molar-refractivity contribution is 8.77. The van der Waals surface area contributed by atoms with Gasteiger partial charge in [-0.1, -0.05) is 43.2 Å². The topological polar surface area (TPSA) is 124 Å². The highest BCUT2D eigenvalue weighted by Gasteiger charge is 1.93. The third kappa shape index (κ3) is 40.3. The molecule has 0 fully saturated rings. The molecule has 0 aliphatic rings. The zero-order valence-corrected chi connectivity index (χ0v) is 25.2. The number of hydrogen-bond donors (Lipinski definition) is 8. The molecule has 8 nitrogen and oxygen atoms in total. The molecule has 34 heavy (non-hydrogen) atoms. The second-order valence-corrected chi connectivity index (χ2v) is 12.9. The summed E-state index contributed by atoms with van der Waals surface area (Å²) < 4.78 is 0. The van der Waals surface area contributed by atoms with Crippen LogP contribution in [0.15, 0.2) is 0 Å². The van der Waals surface area contributed by atoms with Crippen LogP contribution in [0.25, 0.3) is 0 Å². The molecule has 208 valence electrons. The van der Waals surface area contributed by atoms with Gasteiger partial charge in [0.05, 0.1) is 0 Å². The van der Waals surface area contributed by atoms with E-state index in [0.29, 0.717) is 0 Å². The minimum atomic E-state index is 0.781. The monoisotopic (exact) mass is 560 g/mol. The van der Waals surface area contributed by atoms with E-state index in [2.05, 4.69) is 31.9 Å². The average molecular weight is 561 g/mol. The summed E-state index contributed by atoms with van der Waals surface area (Å²) in [6.45, 7) is 12.5. The van der Waals surface area contributed by atoms with E-state index < -0.39 is 0 Å². The first-order chi connectivity index (χ1) is 16.8. The van der Waals surface area contributed by atoms with Crippen LogP contribution in [0.3, 0.4) is 0 Å². The van der Waals surface area contributed by atoms with Crippen molar-refractivity contribution in [2.75, 3.05) is 116 Å². The van der Waals surface area contributed by atoms with Crippen molar-refractivity contribution in [2.45, 2.75) is 25.7 Å². The molecule has 0 unspecified atom stereocenters. The van der Waals surface area contributed by atoms with Crippen molar-refractivity contribution in [3.8, 4) is 0 Å². The largest absolute Gasteiger partial charge is 0.330 e. The second kappa shape index (κ2) is 38.6. The van der Waals surface area contributed by atoms with Crippen LogP contribution >= 0.6 is 43.2 Å². The van der Waals surface area contributed by atoms with Crippen LogP contribution in [0.4, 0.5) is 0 Å². The second-order valence-electron chi connectivity index (χ2n) is 7.49. The number of nitrogens with one attached hydrogen (secondary N) is 6. The van der Waals surface area contributed by atoms with Gasteiger partial charge in [-0.05, 0) is 92.1 Å². The molecule has 0 heterocycles. The third-order valence-electron chi connectivity index (χ3n) is 4.29. The Morgan fingerprint density at radius 3 is 0.971 bits per heavy atom. The molecule has 0 atom stereocenters. The van der Waals surface area contributed by atoms with Gasteiger partial charge >= 0.3 is 0 Å². The van der Waals surface area contributed by atoms with E-state index in [0.717, 1.165) is 103 Å². The Morgan fingerprint density at radius 1 is 0.412 bits per heavy atom. The van der Waals surface area contributed by atoms with E-state index in [-0.39, 0.29) is 0 Å². The van der Waals surface area contributed by atoms with E-state index >= 15 is 0 Å². The first kappa shape index (κ1) is 37.2. The molecule has 10 N–H and O–H groups in total. The first-order valence-corrected chi connectivity index (χ1v) is 17.8. The Kier molecular flexibility index (Phi) is 42.3. The van der Waals surface area contributed by atoms with Gasteiger partial charge in [-0.3, -0.25) is 0 Å². The summed E-state index contributed by atoms with van der Waals surface area (Å²) in [5.41, 5.74) is 10.8. The van der Waals surface area contributed by atoms with Gasteiger partial charge in [0.2, 0.25) is 0 Å². The molecule has 0 aliphatic carbocycles. The van der Waals surface area contributed by atoms with Gasteiger partial charge < -0.3 is 43.4 Å². The highest BCUT2D eigenvalue weighted by Crippen LogP contribution is 2.19. The molecule has 0 rings (SSSR count). The molecule has 0 radical (unpaired) electrons. The van der Waals surface area contributed by atoms with Gasteiger partial charge in [-0.15, -0.1) is 0 Å². The summed E-state index contributed by atoms with van der Waals surface area (Å²) in [5, 5.41) is 19.9. The van der Waals surface area contributed by atoms with Crippen molar-refractivity contribution in [3.05, 3.63) is 0 Å². The van der Waals surface area contributed by atoms with E-state index in [1.165, 1.54) is 24.3 Å². The molecule has 0 bridgehead atoms. The van der Waals surface area contributed by atoms with Gasteiger partial charge in [0, 0.05) is 49.2 Å². The van der Waals surface area contributed by atoms with E-state index in [9.17, 15) is 0 Å². The third-order valence-corrected chi connectivity index (χ3v) is 9.11. The normalized spacial score (nSPS) is 10.9. The van der Waals surface area contributed by atoms with Crippen molar-refractivity contribution in [2.24, 2.45) is 11.5 Å². The van der Waals surface area contributed by atoms with Crippen LogP contribution < -0.4 is 43.4 Å². The van der Waals surface area contributed by atoms with Crippen LogP contribution in [0, 0.1) is 0 Å². The van der Waals surface area contributed by atoms with Crippen molar-refractivity contribution in [3.63, 3.8) is 0 Å². The lowest BCUT2D eigenvalue weighted by Gasteiger charge is -2.05. The molecule has 0 aromatic carbocycles. The standard InChI is InChI=1S/C12H30N4S2.C10H26N4S2/c1-13-5-3-7-15-9-11-17-18-12-10-16-8-4-6-14-2;11-3-1-5-13-7-9-15-16-10-8-14-6-2-4-12/h13-16H,3-12H2,1-2H3;13-14H,1-12H2. The van der Waals surface area contributed by atoms with Crippen molar-refractivity contribution < 1.29 is 0 Å². The predicted molar refractivity (Wildman–Crippen MR) is 166 cm³/mol. The zero-order chi connectivity index (χ0) is 25.2. The number of hydrogen-bond acceptors (Lipinski definition) is 12. The molecule has 0 aromatic rings. The molecule has 0 aromatic heterocycles. The number of rotatable bonds is 28. The lowest BCUT2D eigenvalue weighted by molar-refractivity contribution is 0.644. The summed E-state index contributed by atoms with van der Waals surface area (Å²) in [4.78, 5) is 0. The molecule has 0 aliphatic heterocycles. The minimum Gasteiger partial charge on any atom is -0.330 e.